The largest absolute Gasteiger partial charge is 0.481 e. The number of rotatable bonds is 8. The molecule has 0 saturated heterocycles. The molecule has 0 saturated carbocycles. The molecule has 138 valence electrons. The second-order valence-corrected chi connectivity index (χ2v) is 6.46. The van der Waals surface area contributed by atoms with Gasteiger partial charge in [0.2, 0.25) is 5.91 Å². The summed E-state index contributed by atoms with van der Waals surface area (Å²) < 4.78 is 5.62. The van der Waals surface area contributed by atoms with E-state index in [-0.39, 0.29) is 11.8 Å². The van der Waals surface area contributed by atoms with Crippen LogP contribution in [-0.4, -0.2) is 24.5 Å². The third-order valence-corrected chi connectivity index (χ3v) is 3.93. The lowest BCUT2D eigenvalue weighted by atomic mass is 10.2. The Morgan fingerprint density at radius 2 is 1.88 bits per heavy atom. The molecule has 2 amide bonds. The molecule has 2 rings (SSSR count). The predicted molar refractivity (Wildman–Crippen MR) is 104 cm³/mol. The number of carbonyl (C=O) groups excluding carboxylic acids is 2. The molecule has 0 aromatic heterocycles. The van der Waals surface area contributed by atoms with E-state index in [2.05, 4.69) is 10.6 Å². The van der Waals surface area contributed by atoms with Crippen molar-refractivity contribution in [3.05, 3.63) is 59.1 Å². The second kappa shape index (κ2) is 9.82. The van der Waals surface area contributed by atoms with Gasteiger partial charge in [-0.05, 0) is 62.2 Å². The molecule has 1 unspecified atom stereocenters. The number of amides is 2. The lowest BCUT2D eigenvalue weighted by Gasteiger charge is -2.15. The molecule has 2 aromatic carbocycles. The predicted octanol–water partition coefficient (Wildman–Crippen LogP) is 3.95. The van der Waals surface area contributed by atoms with E-state index in [0.29, 0.717) is 35.8 Å². The Hall–Kier alpha value is -2.53. The normalized spacial score (nSPS) is 11.5. The van der Waals surface area contributed by atoms with Gasteiger partial charge in [-0.2, -0.15) is 0 Å². The molecule has 5 nitrogen and oxygen atoms in total. The van der Waals surface area contributed by atoms with E-state index >= 15 is 0 Å². The summed E-state index contributed by atoms with van der Waals surface area (Å²) in [5.41, 5.74) is 1.77. The number of ether oxygens (including phenoxy) is 1. The monoisotopic (exact) mass is 374 g/mol. The van der Waals surface area contributed by atoms with Crippen LogP contribution in [0.1, 0.15) is 25.3 Å². The van der Waals surface area contributed by atoms with E-state index in [4.69, 9.17) is 16.3 Å². The van der Waals surface area contributed by atoms with Crippen molar-refractivity contribution in [3.63, 3.8) is 0 Å². The number of carbonyl (C=O) groups is 2. The van der Waals surface area contributed by atoms with Crippen LogP contribution < -0.4 is 15.4 Å². The van der Waals surface area contributed by atoms with Gasteiger partial charge in [0.05, 0.1) is 0 Å². The number of halogens is 1. The fourth-order valence-electron chi connectivity index (χ4n) is 2.31. The average Bonchev–Trinajstić information content (AvgIpc) is 2.60. The highest BCUT2D eigenvalue weighted by Crippen LogP contribution is 2.15. The summed E-state index contributed by atoms with van der Waals surface area (Å²) in [6, 6.07) is 14.5. The molecule has 2 N–H and O–H groups in total. The number of benzene rings is 2. The van der Waals surface area contributed by atoms with Gasteiger partial charge in [0.15, 0.2) is 6.10 Å². The molecule has 26 heavy (non-hydrogen) atoms. The van der Waals surface area contributed by atoms with E-state index < -0.39 is 6.10 Å². The van der Waals surface area contributed by atoms with Crippen LogP contribution in [0, 0.1) is 6.92 Å². The molecule has 0 aliphatic heterocycles. The lowest BCUT2D eigenvalue weighted by Crippen LogP contribution is -2.37. The molecule has 2 aromatic rings. The van der Waals surface area contributed by atoms with Gasteiger partial charge in [0.25, 0.3) is 5.91 Å². The Morgan fingerprint density at radius 3 is 2.58 bits per heavy atom. The molecule has 1 atom stereocenters. The Morgan fingerprint density at radius 1 is 1.15 bits per heavy atom. The van der Waals surface area contributed by atoms with Crippen LogP contribution in [0.3, 0.4) is 0 Å². The highest BCUT2D eigenvalue weighted by molar-refractivity contribution is 6.30. The van der Waals surface area contributed by atoms with Gasteiger partial charge < -0.3 is 15.4 Å². The number of aryl methyl sites for hydroxylation is 1. The molecular formula is C20H23ClN2O3. The van der Waals surface area contributed by atoms with Gasteiger partial charge in [-0.3, -0.25) is 9.59 Å². The zero-order valence-corrected chi connectivity index (χ0v) is 15.7. The topological polar surface area (TPSA) is 67.4 Å². The number of hydrogen-bond donors (Lipinski definition) is 2. The van der Waals surface area contributed by atoms with E-state index in [1.54, 1.807) is 31.2 Å². The fraction of sp³-hybridized carbons (Fsp3) is 0.300. The third-order valence-electron chi connectivity index (χ3n) is 3.68. The van der Waals surface area contributed by atoms with Gasteiger partial charge in [0, 0.05) is 23.7 Å². The van der Waals surface area contributed by atoms with Crippen LogP contribution in [0.15, 0.2) is 48.5 Å². The zero-order chi connectivity index (χ0) is 18.9. The maximum absolute atomic E-state index is 12.1. The highest BCUT2D eigenvalue weighted by Gasteiger charge is 2.14. The zero-order valence-electron chi connectivity index (χ0n) is 14.9. The number of anilines is 1. The molecule has 0 spiro atoms. The van der Waals surface area contributed by atoms with Gasteiger partial charge in [-0.25, -0.2) is 0 Å². The summed E-state index contributed by atoms with van der Waals surface area (Å²) in [4.78, 5) is 23.9. The molecule has 0 bridgehead atoms. The lowest BCUT2D eigenvalue weighted by molar-refractivity contribution is -0.127. The minimum Gasteiger partial charge on any atom is -0.481 e. The van der Waals surface area contributed by atoms with Crippen molar-refractivity contribution in [2.24, 2.45) is 0 Å². The van der Waals surface area contributed by atoms with Crippen LogP contribution >= 0.6 is 11.6 Å². The van der Waals surface area contributed by atoms with Crippen LogP contribution in [0.5, 0.6) is 5.75 Å². The van der Waals surface area contributed by atoms with E-state index in [0.717, 1.165) is 5.56 Å². The summed E-state index contributed by atoms with van der Waals surface area (Å²) >= 11 is 5.80. The van der Waals surface area contributed by atoms with Crippen LogP contribution in [0.4, 0.5) is 5.69 Å². The van der Waals surface area contributed by atoms with E-state index in [1.165, 1.54) is 0 Å². The SMILES string of the molecule is Cc1cccc(OC(C)C(=O)NCCCC(=O)Nc2ccc(Cl)cc2)c1. The molecule has 0 aliphatic rings. The summed E-state index contributed by atoms with van der Waals surface area (Å²) in [6.07, 6.45) is 0.262. The van der Waals surface area contributed by atoms with Crippen molar-refractivity contribution >= 4 is 29.1 Å². The van der Waals surface area contributed by atoms with Crippen molar-refractivity contribution < 1.29 is 14.3 Å². The minimum absolute atomic E-state index is 0.106. The maximum Gasteiger partial charge on any atom is 0.260 e. The number of hydrogen-bond acceptors (Lipinski definition) is 3. The molecule has 0 radical (unpaired) electrons. The Kier molecular flexibility index (Phi) is 7.48. The van der Waals surface area contributed by atoms with Gasteiger partial charge >= 0.3 is 0 Å². The Balaban J connectivity index is 1.66. The van der Waals surface area contributed by atoms with Gasteiger partial charge in [-0.1, -0.05) is 23.7 Å². The van der Waals surface area contributed by atoms with Crippen LogP contribution in [0.2, 0.25) is 5.02 Å². The standard InChI is InChI=1S/C20H23ClN2O3/c1-14-5-3-6-18(13-14)26-15(2)20(25)22-12-4-7-19(24)23-17-10-8-16(21)9-11-17/h3,5-6,8-11,13,15H,4,7,12H2,1-2H3,(H,22,25)(H,23,24). The molecular weight excluding hydrogens is 352 g/mol. The van der Waals surface area contributed by atoms with Crippen molar-refractivity contribution in [2.75, 3.05) is 11.9 Å². The first kappa shape index (κ1) is 19.8. The molecule has 0 aliphatic carbocycles. The quantitative estimate of drug-likeness (QED) is 0.687. The van der Waals surface area contributed by atoms with Crippen molar-refractivity contribution in [3.8, 4) is 5.75 Å². The highest BCUT2D eigenvalue weighted by atomic mass is 35.5. The average molecular weight is 375 g/mol. The smallest absolute Gasteiger partial charge is 0.260 e. The minimum atomic E-state index is -0.598. The summed E-state index contributed by atoms with van der Waals surface area (Å²) in [5.74, 6) is 0.352. The fourth-order valence-corrected chi connectivity index (χ4v) is 2.43. The maximum atomic E-state index is 12.1. The molecule has 0 heterocycles. The Labute approximate surface area is 158 Å². The first-order valence-corrected chi connectivity index (χ1v) is 8.88. The van der Waals surface area contributed by atoms with Crippen LogP contribution in [0.25, 0.3) is 0 Å². The van der Waals surface area contributed by atoms with Crippen molar-refractivity contribution in [2.45, 2.75) is 32.8 Å². The third kappa shape index (κ3) is 6.76. The first-order valence-electron chi connectivity index (χ1n) is 8.50. The Bertz CT molecular complexity index is 747. The summed E-state index contributed by atoms with van der Waals surface area (Å²) in [5, 5.41) is 6.18. The summed E-state index contributed by atoms with van der Waals surface area (Å²) in [7, 11) is 0. The molecule has 0 fully saturated rings. The van der Waals surface area contributed by atoms with Crippen LogP contribution in [-0.2, 0) is 9.59 Å². The number of nitrogens with one attached hydrogen (secondary N) is 2. The van der Waals surface area contributed by atoms with Gasteiger partial charge in [-0.15, -0.1) is 0 Å². The van der Waals surface area contributed by atoms with E-state index in [1.807, 2.05) is 31.2 Å². The first-order chi connectivity index (χ1) is 12.4. The van der Waals surface area contributed by atoms with Gasteiger partial charge in [0.1, 0.15) is 5.75 Å². The summed E-state index contributed by atoms with van der Waals surface area (Å²) in [6.45, 7) is 4.08. The molecule has 6 heteroatoms. The second-order valence-electron chi connectivity index (χ2n) is 6.03. The van der Waals surface area contributed by atoms with Crippen molar-refractivity contribution in [1.82, 2.24) is 5.32 Å². The van der Waals surface area contributed by atoms with Crippen molar-refractivity contribution in [1.29, 1.82) is 0 Å². The van der Waals surface area contributed by atoms with E-state index in [9.17, 15) is 9.59 Å².